The van der Waals surface area contributed by atoms with Crippen LogP contribution in [0.5, 0.6) is 23.0 Å². The maximum absolute atomic E-state index is 6.27. The van der Waals surface area contributed by atoms with Gasteiger partial charge in [-0.15, -0.1) is 0 Å². The number of hydrogen-bond acceptors (Lipinski definition) is 4. The number of hydrogen-bond donors (Lipinski definition) is 0. The van der Waals surface area contributed by atoms with Crippen molar-refractivity contribution < 1.29 is 40.5 Å². The van der Waals surface area contributed by atoms with E-state index >= 15 is 0 Å². The second-order valence-electron chi connectivity index (χ2n) is 7.98. The van der Waals surface area contributed by atoms with Crippen molar-refractivity contribution in [2.75, 3.05) is 13.9 Å². The minimum Gasteiger partial charge on any atom is -1.00 e. The van der Waals surface area contributed by atoms with Crippen LogP contribution in [0, 0.1) is 0 Å². The van der Waals surface area contributed by atoms with Crippen LogP contribution in [0.2, 0.25) is 5.02 Å². The van der Waals surface area contributed by atoms with Crippen molar-refractivity contribution in [3.8, 4) is 34.3 Å². The van der Waals surface area contributed by atoms with E-state index in [0.29, 0.717) is 17.4 Å². The number of pyridine rings is 1. The lowest BCUT2D eigenvalue weighted by molar-refractivity contribution is -0.686. The molecule has 3 aromatic carbocycles. The highest BCUT2D eigenvalue weighted by Crippen LogP contribution is 2.41. The Bertz CT molecular complexity index is 1360. The third kappa shape index (κ3) is 3.87. The number of methoxy groups -OCH3 is 1. The smallest absolute Gasteiger partial charge is 0.231 e. The Morgan fingerprint density at radius 2 is 1.79 bits per heavy atom. The minimum absolute atomic E-state index is 0. The normalized spacial score (nSPS) is 13.2. The molecular weight excluding hydrogens is 506 g/mol. The summed E-state index contributed by atoms with van der Waals surface area (Å²) >= 11 is 6.01. The molecule has 0 unspecified atom stereocenters. The molecule has 0 saturated carbocycles. The summed E-state index contributed by atoms with van der Waals surface area (Å²) in [5.41, 5.74) is 4.66. The molecule has 0 fully saturated rings. The molecule has 168 valence electrons. The summed E-state index contributed by atoms with van der Waals surface area (Å²) in [6.45, 7) is 1.59. The SMILES string of the molecule is COc1ccc2cc3[n+](cc2c1OCc1ccc(Cl)cc1)CCc1cc2c(cc1-3)OCO2.[Br-]. The van der Waals surface area contributed by atoms with E-state index in [9.17, 15) is 0 Å². The summed E-state index contributed by atoms with van der Waals surface area (Å²) in [6.07, 6.45) is 3.10. The molecule has 6 rings (SSSR count). The van der Waals surface area contributed by atoms with Crippen molar-refractivity contribution in [2.45, 2.75) is 19.6 Å². The van der Waals surface area contributed by atoms with E-state index in [0.717, 1.165) is 52.2 Å². The number of fused-ring (bicyclic) bond motifs is 5. The van der Waals surface area contributed by atoms with Crippen LogP contribution < -0.4 is 40.5 Å². The predicted molar refractivity (Wildman–Crippen MR) is 122 cm³/mol. The van der Waals surface area contributed by atoms with Gasteiger partial charge in [0.05, 0.1) is 18.1 Å². The summed E-state index contributed by atoms with van der Waals surface area (Å²) in [4.78, 5) is 0. The molecule has 4 aromatic rings. The summed E-state index contributed by atoms with van der Waals surface area (Å²) < 4.78 is 25.4. The molecule has 0 spiro atoms. The van der Waals surface area contributed by atoms with Crippen molar-refractivity contribution in [3.63, 3.8) is 0 Å². The summed E-state index contributed by atoms with van der Waals surface area (Å²) in [5, 5.41) is 2.82. The molecular formula is C26H21BrClNO4. The third-order valence-corrected chi connectivity index (χ3v) is 6.35. The number of ether oxygens (including phenoxy) is 4. The molecule has 33 heavy (non-hydrogen) atoms. The van der Waals surface area contributed by atoms with Gasteiger partial charge >= 0.3 is 0 Å². The number of nitrogens with zero attached hydrogens (tertiary/aromatic N) is 1. The molecule has 0 bridgehead atoms. The predicted octanol–water partition coefficient (Wildman–Crippen LogP) is 2.32. The van der Waals surface area contributed by atoms with Crippen LogP contribution in [0.15, 0.2) is 60.8 Å². The Morgan fingerprint density at radius 3 is 2.58 bits per heavy atom. The molecule has 5 nitrogen and oxygen atoms in total. The van der Waals surface area contributed by atoms with Crippen molar-refractivity contribution in [1.29, 1.82) is 0 Å². The Hall–Kier alpha value is -2.96. The van der Waals surface area contributed by atoms with Crippen molar-refractivity contribution in [1.82, 2.24) is 0 Å². The average molecular weight is 527 g/mol. The number of aryl methyl sites for hydroxylation is 2. The van der Waals surface area contributed by atoms with Gasteiger partial charge in [-0.25, -0.2) is 0 Å². The fourth-order valence-corrected chi connectivity index (χ4v) is 4.57. The molecule has 3 heterocycles. The van der Waals surface area contributed by atoms with Gasteiger partial charge in [0.2, 0.25) is 12.5 Å². The number of benzene rings is 3. The first kappa shape index (κ1) is 21.9. The zero-order valence-corrected chi connectivity index (χ0v) is 20.3. The maximum atomic E-state index is 6.27. The largest absolute Gasteiger partial charge is 1.00 e. The lowest BCUT2D eigenvalue weighted by Gasteiger charge is -2.18. The average Bonchev–Trinajstić information content (AvgIpc) is 3.28. The summed E-state index contributed by atoms with van der Waals surface area (Å²) in [5.74, 6) is 3.10. The quantitative estimate of drug-likeness (QED) is 0.383. The zero-order valence-electron chi connectivity index (χ0n) is 17.9. The van der Waals surface area contributed by atoms with Crippen LogP contribution in [0.4, 0.5) is 0 Å². The third-order valence-electron chi connectivity index (χ3n) is 6.09. The lowest BCUT2D eigenvalue weighted by Crippen LogP contribution is -3.00. The molecule has 0 saturated heterocycles. The first-order chi connectivity index (χ1) is 15.7. The van der Waals surface area contributed by atoms with Gasteiger partial charge in [0.15, 0.2) is 35.7 Å². The standard InChI is InChI=1S/C26H21ClNO4.BrH/c1-29-23-7-4-17-10-22-20-12-25-24(31-15-32-25)11-18(20)8-9-28(22)13-21(17)26(23)30-14-16-2-5-19(27)6-3-16;/h2-7,10-13H,8-9,14-15H2,1H3;1H/q+1;/p-1. The topological polar surface area (TPSA) is 40.8 Å². The van der Waals surface area contributed by atoms with Gasteiger partial charge in [0.1, 0.15) is 6.61 Å². The van der Waals surface area contributed by atoms with Gasteiger partial charge in [0.25, 0.3) is 0 Å². The minimum atomic E-state index is 0. The monoisotopic (exact) mass is 525 g/mol. The Morgan fingerprint density at radius 1 is 1.00 bits per heavy atom. The number of halogens is 2. The van der Waals surface area contributed by atoms with E-state index in [-0.39, 0.29) is 23.8 Å². The van der Waals surface area contributed by atoms with Crippen LogP contribution >= 0.6 is 11.6 Å². The van der Waals surface area contributed by atoms with Crippen LogP contribution in [0.25, 0.3) is 22.0 Å². The van der Waals surface area contributed by atoms with Crippen LogP contribution in [-0.2, 0) is 19.6 Å². The molecule has 0 aliphatic carbocycles. The lowest BCUT2D eigenvalue weighted by atomic mass is 9.95. The van der Waals surface area contributed by atoms with Crippen LogP contribution in [0.3, 0.4) is 0 Å². The van der Waals surface area contributed by atoms with Gasteiger partial charge < -0.3 is 35.9 Å². The van der Waals surface area contributed by atoms with E-state index in [1.54, 1.807) is 7.11 Å². The van der Waals surface area contributed by atoms with E-state index in [1.807, 2.05) is 30.3 Å². The van der Waals surface area contributed by atoms with Crippen molar-refractivity contribution in [2.24, 2.45) is 0 Å². The Kier molecular flexibility index (Phi) is 5.81. The van der Waals surface area contributed by atoms with Crippen molar-refractivity contribution in [3.05, 3.63) is 76.9 Å². The van der Waals surface area contributed by atoms with Gasteiger partial charge in [-0.2, -0.15) is 4.57 Å². The molecule has 0 amide bonds. The summed E-state index contributed by atoms with van der Waals surface area (Å²) in [6, 6.07) is 18.1. The van der Waals surface area contributed by atoms with Gasteiger partial charge in [-0.3, -0.25) is 0 Å². The van der Waals surface area contributed by atoms with E-state index in [4.69, 9.17) is 30.5 Å². The molecule has 0 N–H and O–H groups in total. The molecule has 1 aromatic heterocycles. The van der Waals surface area contributed by atoms with Crippen LogP contribution in [-0.4, -0.2) is 13.9 Å². The fourth-order valence-electron chi connectivity index (χ4n) is 4.44. The highest BCUT2D eigenvalue weighted by atomic mass is 79.9. The van der Waals surface area contributed by atoms with Crippen molar-refractivity contribution >= 4 is 22.4 Å². The number of rotatable bonds is 4. The van der Waals surface area contributed by atoms with E-state index in [1.165, 1.54) is 11.1 Å². The zero-order chi connectivity index (χ0) is 21.7. The Labute approximate surface area is 207 Å². The van der Waals surface area contributed by atoms with E-state index in [2.05, 4.69) is 35.0 Å². The molecule has 2 aliphatic rings. The maximum Gasteiger partial charge on any atom is 0.231 e. The molecule has 0 atom stereocenters. The van der Waals surface area contributed by atoms with Crippen LogP contribution in [0.1, 0.15) is 11.1 Å². The summed E-state index contributed by atoms with van der Waals surface area (Å²) in [7, 11) is 1.67. The first-order valence-corrected chi connectivity index (χ1v) is 10.9. The fraction of sp³-hybridized carbons (Fsp3) is 0.192. The number of aromatic nitrogens is 1. The van der Waals surface area contributed by atoms with Gasteiger partial charge in [-0.1, -0.05) is 23.7 Å². The molecule has 2 aliphatic heterocycles. The van der Waals surface area contributed by atoms with Gasteiger partial charge in [0, 0.05) is 17.5 Å². The molecule has 7 heteroatoms. The Balaban J connectivity index is 0.00000228. The second-order valence-corrected chi connectivity index (χ2v) is 8.42. The molecule has 0 radical (unpaired) electrons. The van der Waals surface area contributed by atoms with Gasteiger partial charge in [-0.05, 0) is 52.9 Å². The highest BCUT2D eigenvalue weighted by Gasteiger charge is 2.28. The highest BCUT2D eigenvalue weighted by molar-refractivity contribution is 6.30. The first-order valence-electron chi connectivity index (χ1n) is 10.5. The second kappa shape index (κ2) is 8.76. The van der Waals surface area contributed by atoms with E-state index < -0.39 is 0 Å².